The van der Waals surface area contributed by atoms with E-state index in [9.17, 15) is 12.8 Å². The van der Waals surface area contributed by atoms with Gasteiger partial charge in [0.05, 0.1) is 23.0 Å². The predicted octanol–water partition coefficient (Wildman–Crippen LogP) is 2.78. The van der Waals surface area contributed by atoms with Crippen LogP contribution >= 0.6 is 35.3 Å². The Balaban J connectivity index is 0.00000364. The highest BCUT2D eigenvalue weighted by Gasteiger charge is 2.18. The number of hydrogen-bond acceptors (Lipinski definition) is 5. The molecular formula is C17H24FIN4O2S2. The third kappa shape index (κ3) is 7.70. The van der Waals surface area contributed by atoms with Crippen LogP contribution in [0.15, 0.2) is 39.5 Å². The Labute approximate surface area is 180 Å². The van der Waals surface area contributed by atoms with Crippen molar-refractivity contribution >= 4 is 51.1 Å². The molecule has 0 aliphatic rings. The molecule has 2 aromatic rings. The van der Waals surface area contributed by atoms with Gasteiger partial charge in [-0.3, -0.25) is 4.99 Å². The normalized spacial score (nSPS) is 11.7. The minimum atomic E-state index is -3.71. The number of thiazole rings is 1. The molecule has 0 radical (unpaired) electrons. The van der Waals surface area contributed by atoms with Gasteiger partial charge < -0.3 is 10.6 Å². The van der Waals surface area contributed by atoms with E-state index in [0.29, 0.717) is 19.0 Å². The van der Waals surface area contributed by atoms with Crippen LogP contribution in [-0.2, 0) is 16.3 Å². The third-order valence-corrected chi connectivity index (χ3v) is 6.03. The van der Waals surface area contributed by atoms with E-state index < -0.39 is 15.7 Å². The van der Waals surface area contributed by atoms with Crippen molar-refractivity contribution in [3.8, 4) is 0 Å². The number of nitrogens with zero attached hydrogens (tertiary/aromatic N) is 2. The SMILES string of the molecule is CCNC(=NCCS(=O)(=O)c1ccccc1F)NCCc1csc(C)n1.I. The van der Waals surface area contributed by atoms with Crippen molar-refractivity contribution in [1.82, 2.24) is 15.6 Å². The van der Waals surface area contributed by atoms with Crippen LogP contribution in [0.1, 0.15) is 17.6 Å². The quantitative estimate of drug-likeness (QED) is 0.314. The molecule has 10 heteroatoms. The maximum atomic E-state index is 13.7. The predicted molar refractivity (Wildman–Crippen MR) is 118 cm³/mol. The van der Waals surface area contributed by atoms with Crippen molar-refractivity contribution in [1.29, 1.82) is 0 Å². The summed E-state index contributed by atoms with van der Waals surface area (Å²) in [5.41, 5.74) is 1.01. The summed E-state index contributed by atoms with van der Waals surface area (Å²) < 4.78 is 38.1. The molecule has 0 fully saturated rings. The Morgan fingerprint density at radius 3 is 2.67 bits per heavy atom. The van der Waals surface area contributed by atoms with Crippen LogP contribution in [0.4, 0.5) is 4.39 Å². The summed E-state index contributed by atoms with van der Waals surface area (Å²) in [6.07, 6.45) is 0.752. The second-order valence-corrected chi connectivity index (χ2v) is 8.68. The smallest absolute Gasteiger partial charge is 0.191 e. The van der Waals surface area contributed by atoms with E-state index in [1.54, 1.807) is 11.3 Å². The number of guanidine groups is 1. The van der Waals surface area contributed by atoms with Crippen LogP contribution in [0, 0.1) is 12.7 Å². The highest BCUT2D eigenvalue weighted by atomic mass is 127. The molecule has 27 heavy (non-hydrogen) atoms. The lowest BCUT2D eigenvalue weighted by Crippen LogP contribution is -2.38. The molecule has 0 atom stereocenters. The summed E-state index contributed by atoms with van der Waals surface area (Å²) in [5.74, 6) is -0.459. The zero-order chi connectivity index (χ0) is 19.0. The molecular weight excluding hydrogens is 502 g/mol. The third-order valence-electron chi connectivity index (χ3n) is 3.49. The Hall–Kier alpha value is -1.27. The molecule has 0 amide bonds. The minimum absolute atomic E-state index is 0. The summed E-state index contributed by atoms with van der Waals surface area (Å²) in [6, 6.07) is 5.38. The van der Waals surface area contributed by atoms with E-state index in [-0.39, 0.29) is 41.2 Å². The maximum absolute atomic E-state index is 13.7. The van der Waals surface area contributed by atoms with Crippen molar-refractivity contribution in [2.24, 2.45) is 4.99 Å². The first-order valence-electron chi connectivity index (χ1n) is 8.33. The van der Waals surface area contributed by atoms with Gasteiger partial charge in [0.25, 0.3) is 0 Å². The first kappa shape index (κ1) is 23.8. The fraction of sp³-hybridized carbons (Fsp3) is 0.412. The maximum Gasteiger partial charge on any atom is 0.191 e. The number of aliphatic imine (C=N–C) groups is 1. The fourth-order valence-corrected chi connectivity index (χ4v) is 4.11. The van der Waals surface area contributed by atoms with Crippen LogP contribution < -0.4 is 10.6 Å². The summed E-state index contributed by atoms with van der Waals surface area (Å²) in [7, 11) is -3.71. The van der Waals surface area contributed by atoms with Gasteiger partial charge in [0, 0.05) is 24.9 Å². The van der Waals surface area contributed by atoms with Crippen LogP contribution in [-0.4, -0.2) is 44.7 Å². The lowest BCUT2D eigenvalue weighted by molar-refractivity contribution is 0.567. The average molecular weight is 526 g/mol. The van der Waals surface area contributed by atoms with Crippen molar-refractivity contribution in [2.45, 2.75) is 25.2 Å². The molecule has 1 heterocycles. The van der Waals surface area contributed by atoms with Crippen LogP contribution in [0.25, 0.3) is 0 Å². The second kappa shape index (κ2) is 11.5. The van der Waals surface area contributed by atoms with Gasteiger partial charge >= 0.3 is 0 Å². The number of nitrogens with one attached hydrogen (secondary N) is 2. The van der Waals surface area contributed by atoms with E-state index in [0.717, 1.165) is 23.2 Å². The highest BCUT2D eigenvalue weighted by Crippen LogP contribution is 2.15. The molecule has 0 aliphatic carbocycles. The van der Waals surface area contributed by atoms with Crippen LogP contribution in [0.3, 0.4) is 0 Å². The molecule has 0 bridgehead atoms. The molecule has 2 rings (SSSR count). The van der Waals surface area contributed by atoms with E-state index >= 15 is 0 Å². The summed E-state index contributed by atoms with van der Waals surface area (Å²) in [4.78, 5) is 8.37. The first-order valence-corrected chi connectivity index (χ1v) is 10.9. The van der Waals surface area contributed by atoms with E-state index in [4.69, 9.17) is 0 Å². The molecule has 2 N–H and O–H groups in total. The Morgan fingerprint density at radius 2 is 2.04 bits per heavy atom. The van der Waals surface area contributed by atoms with E-state index in [1.807, 2.05) is 19.2 Å². The van der Waals surface area contributed by atoms with Crippen molar-refractivity contribution < 1.29 is 12.8 Å². The average Bonchev–Trinajstić information content (AvgIpc) is 3.00. The molecule has 0 aliphatic heterocycles. The summed E-state index contributed by atoms with van der Waals surface area (Å²) in [5, 5.41) is 9.26. The number of halogens is 2. The van der Waals surface area contributed by atoms with Gasteiger partial charge in [-0.2, -0.15) is 0 Å². The van der Waals surface area contributed by atoms with Gasteiger partial charge in [-0.1, -0.05) is 12.1 Å². The van der Waals surface area contributed by atoms with Gasteiger partial charge in [-0.25, -0.2) is 17.8 Å². The van der Waals surface area contributed by atoms with Crippen molar-refractivity contribution in [3.63, 3.8) is 0 Å². The lowest BCUT2D eigenvalue weighted by atomic mass is 10.3. The van der Waals surface area contributed by atoms with E-state index in [1.165, 1.54) is 18.2 Å². The zero-order valence-electron chi connectivity index (χ0n) is 15.2. The molecule has 150 valence electrons. The lowest BCUT2D eigenvalue weighted by Gasteiger charge is -2.11. The molecule has 0 spiro atoms. The van der Waals surface area contributed by atoms with Gasteiger partial charge in [-0.15, -0.1) is 35.3 Å². The molecule has 1 aromatic heterocycles. The zero-order valence-corrected chi connectivity index (χ0v) is 19.2. The number of aromatic nitrogens is 1. The monoisotopic (exact) mass is 526 g/mol. The minimum Gasteiger partial charge on any atom is -0.357 e. The standard InChI is InChI=1S/C17H23FN4O2S2.HI/c1-3-19-17(20-9-8-14-12-25-13(2)22-14)21-10-11-26(23,24)16-7-5-4-6-15(16)18;/h4-7,12H,3,8-11H2,1-2H3,(H2,19,20,21);1H. The fourth-order valence-electron chi connectivity index (χ4n) is 2.26. The van der Waals surface area contributed by atoms with E-state index in [2.05, 4.69) is 20.6 Å². The number of aryl methyl sites for hydroxylation is 1. The molecule has 1 aromatic carbocycles. The topological polar surface area (TPSA) is 83.5 Å². The van der Waals surface area contributed by atoms with Gasteiger partial charge in [0.1, 0.15) is 10.7 Å². The van der Waals surface area contributed by atoms with Crippen molar-refractivity contribution in [3.05, 3.63) is 46.2 Å². The molecule has 6 nitrogen and oxygen atoms in total. The molecule has 0 unspecified atom stereocenters. The van der Waals surface area contributed by atoms with Gasteiger partial charge in [-0.05, 0) is 26.0 Å². The second-order valence-electron chi connectivity index (χ2n) is 5.54. The first-order chi connectivity index (χ1) is 12.4. The van der Waals surface area contributed by atoms with Gasteiger partial charge in [0.15, 0.2) is 15.8 Å². The van der Waals surface area contributed by atoms with Gasteiger partial charge in [0.2, 0.25) is 0 Å². The largest absolute Gasteiger partial charge is 0.357 e. The summed E-state index contributed by atoms with van der Waals surface area (Å²) >= 11 is 1.61. The number of hydrogen-bond donors (Lipinski definition) is 2. The number of sulfone groups is 1. The molecule has 0 saturated heterocycles. The Morgan fingerprint density at radius 1 is 1.30 bits per heavy atom. The molecule has 0 saturated carbocycles. The number of rotatable bonds is 8. The number of benzene rings is 1. The Kier molecular flexibility index (Phi) is 10.2. The van der Waals surface area contributed by atoms with Crippen LogP contribution in [0.2, 0.25) is 0 Å². The highest BCUT2D eigenvalue weighted by molar-refractivity contribution is 14.0. The summed E-state index contributed by atoms with van der Waals surface area (Å²) in [6.45, 7) is 5.22. The Bertz CT molecular complexity index is 856. The van der Waals surface area contributed by atoms with Crippen LogP contribution in [0.5, 0.6) is 0 Å². The van der Waals surface area contributed by atoms with Crippen molar-refractivity contribution in [2.75, 3.05) is 25.4 Å².